The van der Waals surface area contributed by atoms with Crippen LogP contribution >= 0.6 is 11.8 Å². The number of aromatic nitrogens is 2. The number of rotatable bonds is 6. The van der Waals surface area contributed by atoms with E-state index in [1.165, 1.54) is 11.8 Å². The first-order valence-electron chi connectivity index (χ1n) is 7.86. The minimum absolute atomic E-state index is 0.0834. The Balaban J connectivity index is 1.75. The number of benzene rings is 1. The largest absolute Gasteiger partial charge is 0.486 e. The molecule has 0 atom stereocenters. The number of anilines is 1. The molecular formula is C17H18N4O3S. The summed E-state index contributed by atoms with van der Waals surface area (Å²) in [7, 11) is 1.88. The van der Waals surface area contributed by atoms with Crippen molar-refractivity contribution < 1.29 is 14.3 Å². The summed E-state index contributed by atoms with van der Waals surface area (Å²) in [5.41, 5.74) is 0.699. The Hall–Kier alpha value is -2.66. The van der Waals surface area contributed by atoms with E-state index in [9.17, 15) is 4.79 Å². The normalized spacial score (nSPS) is 12.5. The molecule has 0 bridgehead atoms. The number of thioether (sulfide) groups is 1. The van der Waals surface area contributed by atoms with Gasteiger partial charge in [-0.2, -0.15) is 5.26 Å². The van der Waals surface area contributed by atoms with Crippen molar-refractivity contribution in [3.05, 3.63) is 30.6 Å². The Labute approximate surface area is 150 Å². The van der Waals surface area contributed by atoms with Gasteiger partial charge in [-0.05, 0) is 12.1 Å². The Kier molecular flexibility index (Phi) is 5.46. The monoisotopic (exact) mass is 358 g/mol. The molecule has 0 spiro atoms. The summed E-state index contributed by atoms with van der Waals surface area (Å²) in [4.78, 5) is 18.5. The number of aryl methyl sites for hydroxylation is 1. The summed E-state index contributed by atoms with van der Waals surface area (Å²) < 4.78 is 13.0. The van der Waals surface area contributed by atoms with Crippen LogP contribution in [0.1, 0.15) is 6.42 Å². The lowest BCUT2D eigenvalue weighted by Gasteiger charge is -2.24. The Morgan fingerprint density at radius 3 is 2.92 bits per heavy atom. The minimum atomic E-state index is -0.0834. The quantitative estimate of drug-likeness (QED) is 0.737. The predicted molar refractivity (Wildman–Crippen MR) is 93.9 cm³/mol. The van der Waals surface area contributed by atoms with Crippen molar-refractivity contribution in [3.63, 3.8) is 0 Å². The van der Waals surface area contributed by atoms with Gasteiger partial charge in [0.05, 0.1) is 18.2 Å². The van der Waals surface area contributed by atoms with E-state index in [2.05, 4.69) is 11.1 Å². The molecule has 2 heterocycles. The van der Waals surface area contributed by atoms with Crippen LogP contribution in [0.25, 0.3) is 0 Å². The van der Waals surface area contributed by atoms with Gasteiger partial charge in [0, 0.05) is 37.7 Å². The highest BCUT2D eigenvalue weighted by molar-refractivity contribution is 7.99. The molecule has 0 N–H and O–H groups in total. The van der Waals surface area contributed by atoms with E-state index in [0.717, 1.165) is 5.16 Å². The van der Waals surface area contributed by atoms with Gasteiger partial charge < -0.3 is 18.9 Å². The van der Waals surface area contributed by atoms with E-state index in [4.69, 9.17) is 14.7 Å². The molecule has 0 saturated carbocycles. The molecule has 3 rings (SSSR count). The third kappa shape index (κ3) is 4.06. The fraction of sp³-hybridized carbons (Fsp3) is 0.353. The van der Waals surface area contributed by atoms with Crippen molar-refractivity contribution in [2.75, 3.05) is 30.4 Å². The molecule has 1 aromatic carbocycles. The van der Waals surface area contributed by atoms with E-state index in [1.807, 2.05) is 23.9 Å². The molecule has 0 radical (unpaired) electrons. The predicted octanol–water partition coefficient (Wildman–Crippen LogP) is 2.23. The van der Waals surface area contributed by atoms with Gasteiger partial charge in [0.15, 0.2) is 16.7 Å². The molecule has 1 aromatic heterocycles. The lowest BCUT2D eigenvalue weighted by Crippen LogP contribution is -2.33. The van der Waals surface area contributed by atoms with Crippen LogP contribution in [0.3, 0.4) is 0 Å². The first kappa shape index (κ1) is 17.2. The van der Waals surface area contributed by atoms with Gasteiger partial charge in [0.2, 0.25) is 5.91 Å². The fourth-order valence-corrected chi connectivity index (χ4v) is 3.26. The molecule has 7 nitrogen and oxygen atoms in total. The maximum atomic E-state index is 12.7. The van der Waals surface area contributed by atoms with Gasteiger partial charge in [-0.3, -0.25) is 4.79 Å². The maximum Gasteiger partial charge on any atom is 0.237 e. The number of fused-ring (bicyclic) bond motifs is 1. The van der Waals surface area contributed by atoms with Gasteiger partial charge in [-0.25, -0.2) is 4.98 Å². The number of hydrogen-bond acceptors (Lipinski definition) is 6. The molecular weight excluding hydrogens is 340 g/mol. The van der Waals surface area contributed by atoms with Crippen LogP contribution in [0.4, 0.5) is 5.69 Å². The van der Waals surface area contributed by atoms with Gasteiger partial charge in [0.25, 0.3) is 0 Å². The first-order chi connectivity index (χ1) is 12.2. The van der Waals surface area contributed by atoms with Crippen LogP contribution in [0.2, 0.25) is 0 Å². The zero-order valence-electron chi connectivity index (χ0n) is 13.8. The third-order valence-electron chi connectivity index (χ3n) is 3.69. The second-order valence-electron chi connectivity index (χ2n) is 5.39. The Morgan fingerprint density at radius 1 is 1.40 bits per heavy atom. The zero-order chi connectivity index (χ0) is 17.6. The second kappa shape index (κ2) is 7.94. The molecule has 1 aliphatic rings. The SMILES string of the molecule is Cn1ccnc1SCC(=O)N(CCC#N)c1ccc2c(c1)OCCO2. The number of ether oxygens (including phenoxy) is 2. The van der Waals surface area contributed by atoms with E-state index >= 15 is 0 Å². The molecule has 25 heavy (non-hydrogen) atoms. The van der Waals surface area contributed by atoms with E-state index < -0.39 is 0 Å². The van der Waals surface area contributed by atoms with E-state index in [-0.39, 0.29) is 18.1 Å². The lowest BCUT2D eigenvalue weighted by molar-refractivity contribution is -0.116. The molecule has 1 amide bonds. The van der Waals surface area contributed by atoms with Crippen LogP contribution < -0.4 is 14.4 Å². The summed E-state index contributed by atoms with van der Waals surface area (Å²) in [6.07, 6.45) is 3.79. The average Bonchev–Trinajstić information content (AvgIpc) is 3.05. The van der Waals surface area contributed by atoms with Gasteiger partial charge in [-0.15, -0.1) is 0 Å². The molecule has 2 aromatic rings. The van der Waals surface area contributed by atoms with Crippen LogP contribution in [0.5, 0.6) is 11.5 Å². The van der Waals surface area contributed by atoms with Gasteiger partial charge >= 0.3 is 0 Å². The van der Waals surface area contributed by atoms with Crippen LogP contribution in [-0.2, 0) is 11.8 Å². The summed E-state index contributed by atoms with van der Waals surface area (Å²) in [6, 6.07) is 7.49. The highest BCUT2D eigenvalue weighted by atomic mass is 32.2. The number of carbonyl (C=O) groups excluding carboxylic acids is 1. The van der Waals surface area contributed by atoms with Gasteiger partial charge in [0.1, 0.15) is 13.2 Å². The molecule has 0 unspecified atom stereocenters. The number of nitrogens with zero attached hydrogens (tertiary/aromatic N) is 4. The number of hydrogen-bond donors (Lipinski definition) is 0. The zero-order valence-corrected chi connectivity index (χ0v) is 14.7. The van der Waals surface area contributed by atoms with Crippen molar-refractivity contribution in [2.24, 2.45) is 7.05 Å². The fourth-order valence-electron chi connectivity index (χ4n) is 2.45. The summed E-state index contributed by atoms with van der Waals surface area (Å²) in [6.45, 7) is 1.33. The van der Waals surface area contributed by atoms with E-state index in [1.54, 1.807) is 23.2 Å². The standard InChI is InChI=1S/C17H18N4O3S/c1-20-8-6-19-17(20)25-12-16(22)21(7-2-5-18)13-3-4-14-15(11-13)24-10-9-23-14/h3-4,6,8,11H,2,7,9-10,12H2,1H3. The minimum Gasteiger partial charge on any atom is -0.486 e. The number of amides is 1. The number of imidazole rings is 1. The van der Waals surface area contributed by atoms with Crippen LogP contribution in [0.15, 0.2) is 35.7 Å². The molecule has 130 valence electrons. The van der Waals surface area contributed by atoms with Crippen molar-refractivity contribution in [2.45, 2.75) is 11.6 Å². The molecule has 8 heteroatoms. The van der Waals surface area contributed by atoms with Gasteiger partial charge in [-0.1, -0.05) is 11.8 Å². The van der Waals surface area contributed by atoms with Crippen LogP contribution in [-0.4, -0.2) is 41.0 Å². The lowest BCUT2D eigenvalue weighted by atomic mass is 10.2. The molecule has 0 saturated heterocycles. The van der Waals surface area contributed by atoms with Crippen molar-refractivity contribution in [1.29, 1.82) is 5.26 Å². The third-order valence-corrected chi connectivity index (χ3v) is 4.73. The summed E-state index contributed by atoms with van der Waals surface area (Å²) in [5, 5.41) is 9.68. The molecule has 0 aliphatic carbocycles. The van der Waals surface area contributed by atoms with Crippen molar-refractivity contribution in [1.82, 2.24) is 9.55 Å². The Morgan fingerprint density at radius 2 is 2.20 bits per heavy atom. The molecule has 0 fully saturated rings. The highest BCUT2D eigenvalue weighted by Gasteiger charge is 2.20. The van der Waals surface area contributed by atoms with Crippen LogP contribution in [0, 0.1) is 11.3 Å². The van der Waals surface area contributed by atoms with Crippen molar-refractivity contribution in [3.8, 4) is 17.6 Å². The van der Waals surface area contributed by atoms with Crippen molar-refractivity contribution >= 4 is 23.4 Å². The average molecular weight is 358 g/mol. The van der Waals surface area contributed by atoms with E-state index in [0.29, 0.717) is 36.9 Å². The summed E-state index contributed by atoms with van der Waals surface area (Å²) >= 11 is 1.37. The maximum absolute atomic E-state index is 12.7. The summed E-state index contributed by atoms with van der Waals surface area (Å²) in [5.74, 6) is 1.45. The highest BCUT2D eigenvalue weighted by Crippen LogP contribution is 2.34. The molecule has 1 aliphatic heterocycles. The Bertz CT molecular complexity index is 799. The second-order valence-corrected chi connectivity index (χ2v) is 6.33. The number of carbonyl (C=O) groups is 1. The first-order valence-corrected chi connectivity index (χ1v) is 8.84. The number of nitriles is 1. The topological polar surface area (TPSA) is 80.4 Å². The smallest absolute Gasteiger partial charge is 0.237 e.